The first-order chi connectivity index (χ1) is 26.4. The second-order valence-corrected chi connectivity index (χ2v) is 18.0. The summed E-state index contributed by atoms with van der Waals surface area (Å²) in [5.74, 6) is -0.591. The highest BCUT2D eigenvalue weighted by Crippen LogP contribution is 2.73. The molecule has 7 rings (SSSR count). The van der Waals surface area contributed by atoms with Crippen molar-refractivity contribution < 1.29 is 89.4 Å². The summed E-state index contributed by atoms with van der Waals surface area (Å²) in [5.41, 5.74) is -1.80. The first kappa shape index (κ1) is 42.7. The summed E-state index contributed by atoms with van der Waals surface area (Å²) in [7, 11) is 0. The number of carbonyl (C=O) groups is 1. The molecule has 3 aliphatic heterocycles. The van der Waals surface area contributed by atoms with Gasteiger partial charge in [-0.25, -0.2) is 0 Å². The first-order valence-electron chi connectivity index (χ1n) is 19.9. The van der Waals surface area contributed by atoms with Crippen LogP contribution in [0.2, 0.25) is 0 Å². The normalized spacial score (nSPS) is 54.6. The van der Waals surface area contributed by atoms with E-state index in [1.807, 2.05) is 6.92 Å². The smallest absolute Gasteiger partial charge is 0.314 e. The molecule has 11 N–H and O–H groups in total. The minimum Gasteiger partial charge on any atom is -0.432 e. The largest absolute Gasteiger partial charge is 0.432 e. The van der Waals surface area contributed by atoms with Crippen molar-refractivity contribution in [3.63, 3.8) is 0 Å². The van der Waals surface area contributed by atoms with Gasteiger partial charge in [-0.15, -0.1) is 0 Å². The fourth-order valence-electron chi connectivity index (χ4n) is 12.0. The molecule has 0 aromatic heterocycles. The highest BCUT2D eigenvalue weighted by atomic mass is 16.8. The van der Waals surface area contributed by atoms with Gasteiger partial charge < -0.3 is 84.6 Å². The Morgan fingerprint density at radius 2 is 1.21 bits per heavy atom. The van der Waals surface area contributed by atoms with Crippen LogP contribution in [-0.4, -0.2) is 180 Å². The molecule has 56 heavy (non-hydrogen) atoms. The van der Waals surface area contributed by atoms with Crippen LogP contribution >= 0.6 is 0 Å². The van der Waals surface area contributed by atoms with Crippen LogP contribution in [0, 0.1) is 28.1 Å². The Labute approximate surface area is 324 Å². The Hall–Kier alpha value is -1.43. The average Bonchev–Trinajstić information content (AvgIpc) is 3.37. The van der Waals surface area contributed by atoms with Crippen molar-refractivity contribution in [1.29, 1.82) is 0 Å². The molecule has 2 bridgehead atoms. The van der Waals surface area contributed by atoms with Gasteiger partial charge in [-0.3, -0.25) is 4.79 Å². The maximum atomic E-state index is 14.1. The zero-order valence-electron chi connectivity index (χ0n) is 31.8. The lowest BCUT2D eigenvalue weighted by Crippen LogP contribution is -2.65. The van der Waals surface area contributed by atoms with Crippen molar-refractivity contribution in [2.45, 2.75) is 169 Å². The SMILES string of the molecule is C=C1C[C@@]23CC[C@@H]4[C@@](C)(CCC[C@@]4(C)C(=O)O[C@H]4O[C@H](CO)[C@@H](O)[C@H](O)[C@H]4O)[C@H]2CC[C@]1(O[C@@H]1O[C@H](CO)[C@@H](O)[C@H](O)[C@@H]1O[C@@H]1O[C@H](CO)[C@@H](O)[C@H](O)[C@H]1O)C3. The van der Waals surface area contributed by atoms with E-state index < -0.39 is 129 Å². The van der Waals surface area contributed by atoms with Crippen molar-refractivity contribution in [3.8, 4) is 0 Å². The van der Waals surface area contributed by atoms with Gasteiger partial charge in [-0.05, 0) is 86.5 Å². The van der Waals surface area contributed by atoms with Crippen molar-refractivity contribution in [1.82, 2.24) is 0 Å². The van der Waals surface area contributed by atoms with Crippen LogP contribution < -0.4 is 0 Å². The van der Waals surface area contributed by atoms with Crippen molar-refractivity contribution in [2.24, 2.45) is 28.1 Å². The minimum atomic E-state index is -1.81. The Morgan fingerprint density at radius 1 is 0.679 bits per heavy atom. The van der Waals surface area contributed by atoms with Gasteiger partial charge in [0, 0.05) is 0 Å². The number of esters is 1. The van der Waals surface area contributed by atoms with E-state index in [-0.39, 0.29) is 22.7 Å². The predicted molar refractivity (Wildman–Crippen MR) is 186 cm³/mol. The maximum Gasteiger partial charge on any atom is 0.314 e. The average molecular weight is 805 g/mol. The zero-order chi connectivity index (χ0) is 40.7. The molecule has 18 heteroatoms. The van der Waals surface area contributed by atoms with E-state index in [1.165, 1.54) is 0 Å². The Bertz CT molecular complexity index is 1450. The molecule has 7 fully saturated rings. The molecule has 1 spiro atoms. The van der Waals surface area contributed by atoms with Crippen LogP contribution in [0.5, 0.6) is 0 Å². The molecule has 0 amide bonds. The van der Waals surface area contributed by atoms with Gasteiger partial charge in [0.1, 0.15) is 73.2 Å². The number of ether oxygens (including phenoxy) is 6. The molecule has 0 aromatic rings. The van der Waals surface area contributed by atoms with Gasteiger partial charge in [0.05, 0.1) is 30.8 Å². The van der Waals surface area contributed by atoms with Gasteiger partial charge >= 0.3 is 5.97 Å². The Balaban J connectivity index is 1.10. The van der Waals surface area contributed by atoms with Gasteiger partial charge in [-0.1, -0.05) is 19.9 Å². The molecule has 18 nitrogen and oxygen atoms in total. The van der Waals surface area contributed by atoms with E-state index in [2.05, 4.69) is 13.5 Å². The standard InChI is InChI=1S/C38H60O18/c1-16-11-37-9-5-20-35(2,7-4-8-36(20,3)34(50)55-32-29(49)26(46)23(43)18(13-40)52-32)21(37)6-10-38(16,15-37)56-33-30(27(47)24(44)19(14-41)53-33)54-31-28(48)25(45)22(42)17(12-39)51-31/h17-33,39-49H,1,4-15H2,2-3H3/t17-,18-,19-,20-,21-,22-,23-,24-,25+,26+,27+,28-,29-,30+,31+,32-,33+,35-,36-,37-,38+/m1/s1. The highest BCUT2D eigenvalue weighted by molar-refractivity contribution is 5.77. The first-order valence-corrected chi connectivity index (χ1v) is 19.9. The third-order valence-corrected chi connectivity index (χ3v) is 15.0. The molecule has 0 radical (unpaired) electrons. The topological polar surface area (TPSA) is 295 Å². The summed E-state index contributed by atoms with van der Waals surface area (Å²) in [6.45, 7) is 6.52. The summed E-state index contributed by atoms with van der Waals surface area (Å²) in [4.78, 5) is 14.1. The number of carbonyl (C=O) groups excluding carboxylic acids is 1. The lowest BCUT2D eigenvalue weighted by atomic mass is 9.41. The number of rotatable bonds is 9. The summed E-state index contributed by atoms with van der Waals surface area (Å²) in [6.07, 6.45) is -17.8. The molecular weight excluding hydrogens is 744 g/mol. The summed E-state index contributed by atoms with van der Waals surface area (Å²) in [6, 6.07) is 0. The molecular formula is C38H60O18. The highest BCUT2D eigenvalue weighted by Gasteiger charge is 2.69. The van der Waals surface area contributed by atoms with Crippen LogP contribution in [-0.2, 0) is 33.2 Å². The van der Waals surface area contributed by atoms with Crippen molar-refractivity contribution >= 4 is 5.97 Å². The molecule has 3 heterocycles. The fraction of sp³-hybridized carbons (Fsp3) is 0.921. The van der Waals surface area contributed by atoms with Crippen LogP contribution in [0.15, 0.2) is 12.2 Å². The maximum absolute atomic E-state index is 14.1. The van der Waals surface area contributed by atoms with E-state index in [4.69, 9.17) is 28.4 Å². The number of fused-ring (bicyclic) bond motifs is 3. The third-order valence-electron chi connectivity index (χ3n) is 15.0. The van der Waals surface area contributed by atoms with E-state index >= 15 is 0 Å². The Morgan fingerprint density at radius 3 is 1.82 bits per heavy atom. The lowest BCUT2D eigenvalue weighted by Gasteiger charge is -2.64. The van der Waals surface area contributed by atoms with Gasteiger partial charge in [0.15, 0.2) is 12.6 Å². The summed E-state index contributed by atoms with van der Waals surface area (Å²) in [5, 5.41) is 114. The molecule has 320 valence electrons. The zero-order valence-corrected chi connectivity index (χ0v) is 31.8. The number of aliphatic hydroxyl groups excluding tert-OH is 11. The molecule has 4 saturated carbocycles. The molecule has 4 aliphatic carbocycles. The Kier molecular flexibility index (Phi) is 11.9. The van der Waals surface area contributed by atoms with Crippen LogP contribution in [0.25, 0.3) is 0 Å². The van der Waals surface area contributed by atoms with Crippen LogP contribution in [0.4, 0.5) is 0 Å². The summed E-state index contributed by atoms with van der Waals surface area (Å²) >= 11 is 0. The number of hydrogen-bond acceptors (Lipinski definition) is 18. The predicted octanol–water partition coefficient (Wildman–Crippen LogP) is -2.94. The van der Waals surface area contributed by atoms with Gasteiger partial charge in [-0.2, -0.15) is 0 Å². The lowest BCUT2D eigenvalue weighted by molar-refractivity contribution is -0.378. The van der Waals surface area contributed by atoms with Crippen LogP contribution in [0.3, 0.4) is 0 Å². The molecule has 7 aliphatic rings. The van der Waals surface area contributed by atoms with E-state index in [0.29, 0.717) is 44.9 Å². The second-order valence-electron chi connectivity index (χ2n) is 18.0. The summed E-state index contributed by atoms with van der Waals surface area (Å²) < 4.78 is 35.6. The quantitative estimate of drug-likeness (QED) is 0.0631. The van der Waals surface area contributed by atoms with Gasteiger partial charge in [0.25, 0.3) is 0 Å². The molecule has 3 saturated heterocycles. The number of hydrogen-bond donors (Lipinski definition) is 11. The second kappa shape index (κ2) is 15.6. The van der Waals surface area contributed by atoms with Gasteiger partial charge in [0.2, 0.25) is 6.29 Å². The third kappa shape index (κ3) is 6.69. The van der Waals surface area contributed by atoms with Crippen molar-refractivity contribution in [3.05, 3.63) is 12.2 Å². The molecule has 0 unspecified atom stereocenters. The van der Waals surface area contributed by atoms with E-state index in [9.17, 15) is 61.0 Å². The number of aliphatic hydroxyl groups is 11. The fourth-order valence-corrected chi connectivity index (χ4v) is 12.0. The van der Waals surface area contributed by atoms with E-state index in [1.54, 1.807) is 0 Å². The van der Waals surface area contributed by atoms with E-state index in [0.717, 1.165) is 18.4 Å². The molecule has 21 atom stereocenters. The minimum absolute atomic E-state index is 0.121. The van der Waals surface area contributed by atoms with Crippen LogP contribution in [0.1, 0.15) is 71.6 Å². The van der Waals surface area contributed by atoms with Crippen molar-refractivity contribution in [2.75, 3.05) is 19.8 Å². The monoisotopic (exact) mass is 804 g/mol. The molecule has 0 aromatic carbocycles.